The van der Waals surface area contributed by atoms with Gasteiger partial charge < -0.3 is 5.32 Å². The fourth-order valence-electron chi connectivity index (χ4n) is 2.67. The second-order valence-electron chi connectivity index (χ2n) is 5.35. The number of anilines is 1. The van der Waals surface area contributed by atoms with Gasteiger partial charge >= 0.3 is 0 Å². The van der Waals surface area contributed by atoms with E-state index >= 15 is 0 Å². The summed E-state index contributed by atoms with van der Waals surface area (Å²) in [6.07, 6.45) is 1.13. The maximum atomic E-state index is 4.83. The number of benzene rings is 1. The van der Waals surface area contributed by atoms with Crippen LogP contribution >= 0.6 is 15.9 Å². The molecule has 3 nitrogen and oxygen atoms in total. The van der Waals surface area contributed by atoms with Crippen molar-refractivity contribution in [3.05, 3.63) is 34.8 Å². The molecular weight excluding hydrogens is 302 g/mol. The van der Waals surface area contributed by atoms with E-state index < -0.39 is 0 Å². The molecule has 2 aromatic rings. The predicted molar refractivity (Wildman–Crippen MR) is 82.3 cm³/mol. The van der Waals surface area contributed by atoms with Gasteiger partial charge in [0.1, 0.15) is 11.5 Å². The summed E-state index contributed by atoms with van der Waals surface area (Å²) in [6.45, 7) is 5.54. The topological polar surface area (TPSA) is 29.9 Å². The van der Waals surface area contributed by atoms with Gasteiger partial charge in [0.15, 0.2) is 0 Å². The minimum absolute atomic E-state index is 0.477. The van der Waals surface area contributed by atoms with Crippen LogP contribution < -0.4 is 5.32 Å². The highest BCUT2D eigenvalue weighted by atomic mass is 79.9. The highest BCUT2D eigenvalue weighted by molar-refractivity contribution is 9.10. The van der Waals surface area contributed by atoms with Gasteiger partial charge in [-0.15, -0.1) is 0 Å². The average molecular weight is 320 g/mol. The van der Waals surface area contributed by atoms with Gasteiger partial charge in [0.25, 0.3) is 0 Å². The molecule has 1 aromatic carbocycles. The van der Waals surface area contributed by atoms with Crippen molar-refractivity contribution in [3.8, 4) is 11.3 Å². The summed E-state index contributed by atoms with van der Waals surface area (Å²) in [4.78, 5) is 0. The maximum absolute atomic E-state index is 4.83. The molecule has 3 rings (SSSR count). The van der Waals surface area contributed by atoms with E-state index in [9.17, 15) is 0 Å². The van der Waals surface area contributed by atoms with Crippen molar-refractivity contribution in [2.45, 2.75) is 26.3 Å². The van der Waals surface area contributed by atoms with E-state index in [1.54, 1.807) is 0 Å². The number of nitrogens with zero attached hydrogens (tertiary/aromatic N) is 2. The molecule has 19 heavy (non-hydrogen) atoms. The van der Waals surface area contributed by atoms with Crippen LogP contribution in [0.1, 0.15) is 26.3 Å². The van der Waals surface area contributed by atoms with E-state index in [1.807, 2.05) is 18.2 Å². The van der Waals surface area contributed by atoms with Gasteiger partial charge in [-0.05, 0) is 28.3 Å². The molecule has 2 heterocycles. The number of hydrogen-bond donors (Lipinski definition) is 1. The zero-order valence-corrected chi connectivity index (χ0v) is 12.8. The van der Waals surface area contributed by atoms with Crippen LogP contribution in [0, 0.1) is 5.92 Å². The lowest BCUT2D eigenvalue weighted by Gasteiger charge is -2.28. The predicted octanol–water partition coefficient (Wildman–Crippen LogP) is 4.33. The van der Waals surface area contributed by atoms with Crippen LogP contribution in [0.3, 0.4) is 0 Å². The molecule has 0 saturated carbocycles. The average Bonchev–Trinajstić information content (AvgIpc) is 2.77. The van der Waals surface area contributed by atoms with Crippen LogP contribution in [-0.4, -0.2) is 16.3 Å². The van der Waals surface area contributed by atoms with Gasteiger partial charge in [0, 0.05) is 12.1 Å². The van der Waals surface area contributed by atoms with E-state index in [0.717, 1.165) is 34.5 Å². The quantitative estimate of drug-likeness (QED) is 0.893. The zero-order valence-electron chi connectivity index (χ0n) is 11.2. The molecule has 0 saturated heterocycles. The molecule has 100 valence electrons. The summed E-state index contributed by atoms with van der Waals surface area (Å²) in [5.41, 5.74) is 2.18. The lowest BCUT2D eigenvalue weighted by molar-refractivity contribution is 0.323. The second kappa shape index (κ2) is 5.00. The van der Waals surface area contributed by atoms with Gasteiger partial charge in [-0.25, -0.2) is 4.68 Å². The van der Waals surface area contributed by atoms with E-state index in [1.165, 1.54) is 0 Å². The monoisotopic (exact) mass is 319 g/mol. The van der Waals surface area contributed by atoms with Crippen molar-refractivity contribution in [1.29, 1.82) is 0 Å². The third-order valence-electron chi connectivity index (χ3n) is 3.72. The van der Waals surface area contributed by atoms with Gasteiger partial charge in [-0.2, -0.15) is 5.10 Å². The molecule has 1 atom stereocenters. The van der Waals surface area contributed by atoms with E-state index in [0.29, 0.717) is 12.0 Å². The highest BCUT2D eigenvalue weighted by Gasteiger charge is 2.27. The van der Waals surface area contributed by atoms with E-state index in [-0.39, 0.29) is 0 Å². The molecule has 1 unspecified atom stereocenters. The van der Waals surface area contributed by atoms with Crippen LogP contribution in [0.2, 0.25) is 0 Å². The zero-order chi connectivity index (χ0) is 13.4. The molecule has 1 aliphatic heterocycles. The van der Waals surface area contributed by atoms with Crippen molar-refractivity contribution < 1.29 is 0 Å². The van der Waals surface area contributed by atoms with Crippen LogP contribution in [0.15, 0.2) is 34.8 Å². The number of hydrogen-bond acceptors (Lipinski definition) is 2. The fraction of sp³-hybridized carbons (Fsp3) is 0.400. The smallest absolute Gasteiger partial charge is 0.139 e. The molecule has 0 aliphatic carbocycles. The Morgan fingerprint density at radius 3 is 2.74 bits per heavy atom. The van der Waals surface area contributed by atoms with Gasteiger partial charge in [0.2, 0.25) is 0 Å². The maximum Gasteiger partial charge on any atom is 0.139 e. The summed E-state index contributed by atoms with van der Waals surface area (Å²) in [5.74, 6) is 1.71. The molecule has 0 bridgehead atoms. The van der Waals surface area contributed by atoms with Crippen molar-refractivity contribution >= 4 is 21.7 Å². The Balaban J connectivity index is 2.10. The third kappa shape index (κ3) is 2.18. The summed E-state index contributed by atoms with van der Waals surface area (Å²) in [7, 11) is 0. The van der Waals surface area contributed by atoms with Crippen LogP contribution in [0.4, 0.5) is 5.82 Å². The summed E-state index contributed by atoms with van der Waals surface area (Å²) in [6, 6.07) is 10.8. The molecular formula is C15H18BrN3. The molecule has 0 fully saturated rings. The standard InChI is InChI=1S/C15H18BrN3/c1-10(2)12-8-9-17-15-13(16)14(18-19(12)15)11-6-4-3-5-7-11/h3-7,10,12,17H,8-9H2,1-2H3. The summed E-state index contributed by atoms with van der Waals surface area (Å²) >= 11 is 3.70. The Morgan fingerprint density at radius 1 is 1.32 bits per heavy atom. The van der Waals surface area contributed by atoms with Crippen LogP contribution in [0.25, 0.3) is 11.3 Å². The van der Waals surface area contributed by atoms with Crippen molar-refractivity contribution in [2.24, 2.45) is 5.92 Å². The Labute approximate surface area is 122 Å². The van der Waals surface area contributed by atoms with Gasteiger partial charge in [0.05, 0.1) is 10.5 Å². The largest absolute Gasteiger partial charge is 0.369 e. The Bertz CT molecular complexity index is 575. The van der Waals surface area contributed by atoms with Crippen LogP contribution in [-0.2, 0) is 0 Å². The van der Waals surface area contributed by atoms with Gasteiger partial charge in [-0.1, -0.05) is 44.2 Å². The van der Waals surface area contributed by atoms with Crippen LogP contribution in [0.5, 0.6) is 0 Å². The first-order valence-electron chi connectivity index (χ1n) is 6.75. The molecule has 0 spiro atoms. The number of aromatic nitrogens is 2. The highest BCUT2D eigenvalue weighted by Crippen LogP contribution is 2.39. The first kappa shape index (κ1) is 12.7. The van der Waals surface area contributed by atoms with Crippen molar-refractivity contribution in [3.63, 3.8) is 0 Å². The minimum Gasteiger partial charge on any atom is -0.369 e. The van der Waals surface area contributed by atoms with Crippen molar-refractivity contribution in [1.82, 2.24) is 9.78 Å². The molecule has 1 aromatic heterocycles. The number of fused-ring (bicyclic) bond motifs is 1. The van der Waals surface area contributed by atoms with E-state index in [4.69, 9.17) is 5.10 Å². The number of nitrogens with one attached hydrogen (secondary N) is 1. The first-order chi connectivity index (χ1) is 9.18. The molecule has 0 radical (unpaired) electrons. The second-order valence-corrected chi connectivity index (χ2v) is 6.14. The fourth-order valence-corrected chi connectivity index (χ4v) is 3.30. The molecule has 0 amide bonds. The number of halogens is 1. The SMILES string of the molecule is CC(C)C1CCNc2c(Br)c(-c3ccccc3)nn21. The Hall–Kier alpha value is -1.29. The van der Waals surface area contributed by atoms with Crippen molar-refractivity contribution in [2.75, 3.05) is 11.9 Å². The minimum atomic E-state index is 0.477. The Kier molecular flexibility index (Phi) is 3.35. The Morgan fingerprint density at radius 2 is 2.05 bits per heavy atom. The van der Waals surface area contributed by atoms with Gasteiger partial charge in [-0.3, -0.25) is 0 Å². The first-order valence-corrected chi connectivity index (χ1v) is 7.55. The van der Waals surface area contributed by atoms with E-state index in [2.05, 4.69) is 51.9 Å². The lowest BCUT2D eigenvalue weighted by Crippen LogP contribution is -2.26. The summed E-state index contributed by atoms with van der Waals surface area (Å²) < 4.78 is 3.23. The third-order valence-corrected chi connectivity index (χ3v) is 4.47. The molecule has 1 N–H and O–H groups in total. The number of rotatable bonds is 2. The summed E-state index contributed by atoms with van der Waals surface area (Å²) in [5, 5.41) is 8.29. The molecule has 4 heteroatoms. The molecule has 1 aliphatic rings. The normalized spacial score (nSPS) is 18.2. The lowest BCUT2D eigenvalue weighted by atomic mass is 10.00.